The van der Waals surface area contributed by atoms with E-state index >= 15 is 0 Å². The molecule has 0 saturated carbocycles. The van der Waals surface area contributed by atoms with E-state index in [1.165, 1.54) is 12.1 Å². The Morgan fingerprint density at radius 3 is 2.32 bits per heavy atom. The van der Waals surface area contributed by atoms with Crippen LogP contribution in [0.4, 0.5) is 10.1 Å². The quantitative estimate of drug-likeness (QED) is 0.659. The number of carbonyl (C=O) groups is 1. The van der Waals surface area contributed by atoms with Gasteiger partial charge in [0, 0.05) is 25.2 Å². The highest BCUT2D eigenvalue weighted by molar-refractivity contribution is 6.01. The van der Waals surface area contributed by atoms with Gasteiger partial charge in [-0.3, -0.25) is 9.69 Å². The van der Waals surface area contributed by atoms with Gasteiger partial charge in [0.15, 0.2) is 0 Å². The Kier molecular flexibility index (Phi) is 5.22. The maximum absolute atomic E-state index is 13.2. The molecule has 0 radical (unpaired) electrons. The van der Waals surface area contributed by atoms with Crippen LogP contribution in [0.15, 0.2) is 78.9 Å². The molecule has 0 N–H and O–H groups in total. The van der Waals surface area contributed by atoms with E-state index in [-0.39, 0.29) is 17.8 Å². The van der Waals surface area contributed by atoms with Gasteiger partial charge in [0.05, 0.1) is 11.7 Å². The Labute approximate surface area is 165 Å². The smallest absolute Gasteiger partial charge is 0.244 e. The van der Waals surface area contributed by atoms with E-state index in [1.807, 2.05) is 48.2 Å². The molecule has 142 valence electrons. The van der Waals surface area contributed by atoms with Crippen molar-refractivity contribution in [2.24, 2.45) is 0 Å². The summed E-state index contributed by atoms with van der Waals surface area (Å²) in [5, 5.41) is 0. The molecule has 4 rings (SSSR count). The lowest BCUT2D eigenvalue weighted by Crippen LogP contribution is -2.55. The van der Waals surface area contributed by atoms with Gasteiger partial charge < -0.3 is 4.90 Å². The molecule has 0 aliphatic carbocycles. The van der Waals surface area contributed by atoms with Crippen LogP contribution in [0.25, 0.3) is 11.1 Å². The Hall–Kier alpha value is -2.98. The molecule has 4 heteroatoms. The molecular weight excluding hydrogens is 351 g/mol. The standard InChI is InChI=1S/C24H23FN2O/c1-18-24(28)27(16-15-26(18)17-19-11-13-21(25)14-12-19)23-10-6-5-9-22(23)20-7-3-2-4-8-20/h2-14,18H,15-17H2,1H3/t18-/m0/s1. The van der Waals surface area contributed by atoms with Crippen LogP contribution in [0, 0.1) is 5.82 Å². The lowest BCUT2D eigenvalue weighted by atomic mass is 10.0. The second kappa shape index (κ2) is 7.95. The van der Waals surface area contributed by atoms with Crippen LogP contribution in [-0.4, -0.2) is 29.9 Å². The first kappa shape index (κ1) is 18.4. The van der Waals surface area contributed by atoms with Gasteiger partial charge in [-0.25, -0.2) is 4.39 Å². The zero-order valence-electron chi connectivity index (χ0n) is 15.9. The molecular formula is C24H23FN2O. The van der Waals surface area contributed by atoms with Gasteiger partial charge in [-0.1, -0.05) is 60.7 Å². The summed E-state index contributed by atoms with van der Waals surface area (Å²) in [6.45, 7) is 3.99. The third kappa shape index (κ3) is 3.69. The molecule has 1 heterocycles. The molecule has 1 aliphatic heterocycles. The monoisotopic (exact) mass is 374 g/mol. The summed E-state index contributed by atoms with van der Waals surface area (Å²) in [6, 6.07) is 24.5. The van der Waals surface area contributed by atoms with Crippen LogP contribution in [0.5, 0.6) is 0 Å². The lowest BCUT2D eigenvalue weighted by molar-refractivity contribution is -0.125. The Balaban J connectivity index is 1.56. The predicted molar refractivity (Wildman–Crippen MR) is 111 cm³/mol. The van der Waals surface area contributed by atoms with Gasteiger partial charge in [-0.05, 0) is 36.2 Å². The predicted octanol–water partition coefficient (Wildman–Crippen LogP) is 4.73. The van der Waals surface area contributed by atoms with Crippen LogP contribution in [0.3, 0.4) is 0 Å². The normalized spacial score (nSPS) is 17.7. The molecule has 0 bridgehead atoms. The lowest BCUT2D eigenvalue weighted by Gasteiger charge is -2.39. The van der Waals surface area contributed by atoms with Crippen molar-refractivity contribution in [3.05, 3.63) is 90.2 Å². The summed E-state index contributed by atoms with van der Waals surface area (Å²) in [4.78, 5) is 17.2. The molecule has 3 aromatic carbocycles. The first-order valence-electron chi connectivity index (χ1n) is 9.58. The SMILES string of the molecule is C[C@H]1C(=O)N(c2ccccc2-c2ccccc2)CCN1Cc1ccc(F)cc1. The van der Waals surface area contributed by atoms with E-state index in [2.05, 4.69) is 23.1 Å². The molecule has 1 amide bonds. The van der Waals surface area contributed by atoms with E-state index in [0.717, 1.165) is 28.9 Å². The minimum Gasteiger partial charge on any atom is -0.309 e. The van der Waals surface area contributed by atoms with Crippen molar-refractivity contribution in [3.8, 4) is 11.1 Å². The molecule has 1 fully saturated rings. The minimum absolute atomic E-state index is 0.0942. The van der Waals surface area contributed by atoms with Crippen LogP contribution >= 0.6 is 0 Å². The number of hydrogen-bond acceptors (Lipinski definition) is 2. The second-order valence-electron chi connectivity index (χ2n) is 7.15. The molecule has 28 heavy (non-hydrogen) atoms. The first-order chi connectivity index (χ1) is 13.6. The Morgan fingerprint density at radius 2 is 1.57 bits per heavy atom. The van der Waals surface area contributed by atoms with E-state index < -0.39 is 0 Å². The van der Waals surface area contributed by atoms with Crippen LogP contribution in [0.2, 0.25) is 0 Å². The fourth-order valence-electron chi connectivity index (χ4n) is 3.76. The van der Waals surface area contributed by atoms with Crippen LogP contribution < -0.4 is 4.90 Å². The van der Waals surface area contributed by atoms with E-state index in [1.54, 1.807) is 12.1 Å². The number of halogens is 1. The van der Waals surface area contributed by atoms with Gasteiger partial charge in [0.1, 0.15) is 5.82 Å². The number of carbonyl (C=O) groups excluding carboxylic acids is 1. The summed E-state index contributed by atoms with van der Waals surface area (Å²) < 4.78 is 13.1. The van der Waals surface area contributed by atoms with Crippen molar-refractivity contribution in [2.75, 3.05) is 18.0 Å². The summed E-state index contributed by atoms with van der Waals surface area (Å²) in [6.07, 6.45) is 0. The van der Waals surface area contributed by atoms with Gasteiger partial charge in [0.25, 0.3) is 0 Å². The topological polar surface area (TPSA) is 23.6 Å². The van der Waals surface area contributed by atoms with E-state index in [4.69, 9.17) is 0 Å². The van der Waals surface area contributed by atoms with E-state index in [0.29, 0.717) is 13.1 Å². The molecule has 0 aromatic heterocycles. The number of amides is 1. The summed E-state index contributed by atoms with van der Waals surface area (Å²) >= 11 is 0. The summed E-state index contributed by atoms with van der Waals surface area (Å²) in [7, 11) is 0. The maximum Gasteiger partial charge on any atom is 0.244 e. The number of piperazine rings is 1. The average Bonchev–Trinajstić information content (AvgIpc) is 2.74. The highest BCUT2D eigenvalue weighted by atomic mass is 19.1. The first-order valence-corrected chi connectivity index (χ1v) is 9.58. The van der Waals surface area contributed by atoms with Crippen LogP contribution in [0.1, 0.15) is 12.5 Å². The Bertz CT molecular complexity index is 956. The van der Waals surface area contributed by atoms with Gasteiger partial charge in [0.2, 0.25) is 5.91 Å². The molecule has 3 nitrogen and oxygen atoms in total. The van der Waals surface area contributed by atoms with Crippen molar-refractivity contribution >= 4 is 11.6 Å². The van der Waals surface area contributed by atoms with Gasteiger partial charge >= 0.3 is 0 Å². The van der Waals surface area contributed by atoms with Crippen molar-refractivity contribution in [2.45, 2.75) is 19.5 Å². The maximum atomic E-state index is 13.2. The number of rotatable bonds is 4. The van der Waals surface area contributed by atoms with E-state index in [9.17, 15) is 9.18 Å². The summed E-state index contributed by atoms with van der Waals surface area (Å²) in [5.41, 5.74) is 4.13. The minimum atomic E-state index is -0.241. The third-order valence-corrected chi connectivity index (χ3v) is 5.36. The fourth-order valence-corrected chi connectivity index (χ4v) is 3.76. The fraction of sp³-hybridized carbons (Fsp3) is 0.208. The highest BCUT2D eigenvalue weighted by Crippen LogP contribution is 2.32. The average molecular weight is 374 g/mol. The van der Waals surface area contributed by atoms with Gasteiger partial charge in [-0.2, -0.15) is 0 Å². The summed E-state index contributed by atoms with van der Waals surface area (Å²) in [5.74, 6) is -0.146. The molecule has 1 aliphatic rings. The molecule has 1 atom stereocenters. The molecule has 3 aromatic rings. The number of benzene rings is 3. The molecule has 0 unspecified atom stereocenters. The van der Waals surface area contributed by atoms with Gasteiger partial charge in [-0.15, -0.1) is 0 Å². The molecule has 1 saturated heterocycles. The zero-order chi connectivity index (χ0) is 19.5. The van der Waals surface area contributed by atoms with Crippen molar-refractivity contribution in [3.63, 3.8) is 0 Å². The largest absolute Gasteiger partial charge is 0.309 e. The highest BCUT2D eigenvalue weighted by Gasteiger charge is 2.33. The third-order valence-electron chi connectivity index (χ3n) is 5.36. The van der Waals surface area contributed by atoms with Crippen molar-refractivity contribution < 1.29 is 9.18 Å². The number of nitrogens with zero attached hydrogens (tertiary/aromatic N) is 2. The number of hydrogen-bond donors (Lipinski definition) is 0. The van der Waals surface area contributed by atoms with Crippen molar-refractivity contribution in [1.82, 2.24) is 4.90 Å². The number of para-hydroxylation sites is 1. The zero-order valence-corrected chi connectivity index (χ0v) is 15.9. The second-order valence-corrected chi connectivity index (χ2v) is 7.15. The number of anilines is 1. The Morgan fingerprint density at radius 1 is 0.893 bits per heavy atom. The van der Waals surface area contributed by atoms with Crippen molar-refractivity contribution in [1.29, 1.82) is 0 Å². The molecule has 0 spiro atoms. The van der Waals surface area contributed by atoms with Crippen LogP contribution in [-0.2, 0) is 11.3 Å².